The number of furan rings is 1. The highest BCUT2D eigenvalue weighted by atomic mass is 16.6. The molecule has 102 valence electrons. The second-order valence-corrected chi connectivity index (χ2v) is 4.09. The number of hydrogen-bond acceptors (Lipinski definition) is 4. The predicted molar refractivity (Wildman–Crippen MR) is 74.2 cm³/mol. The number of non-ortho nitro benzene ring substituents is 1. The first-order valence-electron chi connectivity index (χ1n) is 5.84. The summed E-state index contributed by atoms with van der Waals surface area (Å²) in [5.74, 6) is 0.168. The van der Waals surface area contributed by atoms with Gasteiger partial charge in [-0.3, -0.25) is 14.9 Å². The van der Waals surface area contributed by atoms with Gasteiger partial charge >= 0.3 is 0 Å². The number of amides is 1. The smallest absolute Gasteiger partial charge is 0.271 e. The highest BCUT2D eigenvalue weighted by Gasteiger charge is 2.09. The van der Waals surface area contributed by atoms with Crippen LogP contribution in [0, 0.1) is 17.0 Å². The summed E-state index contributed by atoms with van der Waals surface area (Å²) in [4.78, 5) is 21.9. The summed E-state index contributed by atoms with van der Waals surface area (Å²) >= 11 is 0. The van der Waals surface area contributed by atoms with Crippen LogP contribution in [0.3, 0.4) is 0 Å². The highest BCUT2D eigenvalue weighted by Crippen LogP contribution is 2.21. The van der Waals surface area contributed by atoms with E-state index in [1.807, 2.05) is 0 Å². The average Bonchev–Trinajstić information content (AvgIpc) is 2.92. The summed E-state index contributed by atoms with van der Waals surface area (Å²) in [6, 6.07) is 7.73. The van der Waals surface area contributed by atoms with Crippen LogP contribution in [-0.2, 0) is 4.79 Å². The Kier molecular flexibility index (Phi) is 3.95. The van der Waals surface area contributed by atoms with Gasteiger partial charge in [0.05, 0.1) is 16.9 Å². The lowest BCUT2D eigenvalue weighted by molar-refractivity contribution is -0.384. The van der Waals surface area contributed by atoms with E-state index in [1.54, 1.807) is 25.1 Å². The molecular formula is C14H12N2O4. The van der Waals surface area contributed by atoms with Gasteiger partial charge in [-0.25, -0.2) is 0 Å². The van der Waals surface area contributed by atoms with E-state index in [0.29, 0.717) is 11.4 Å². The number of nitrogens with zero attached hydrogens (tertiary/aromatic N) is 1. The van der Waals surface area contributed by atoms with E-state index < -0.39 is 4.92 Å². The van der Waals surface area contributed by atoms with Crippen molar-refractivity contribution in [2.24, 2.45) is 0 Å². The molecule has 0 radical (unpaired) electrons. The van der Waals surface area contributed by atoms with Crippen LogP contribution in [0.1, 0.15) is 11.3 Å². The number of nitrogens with one attached hydrogen (secondary N) is 1. The van der Waals surface area contributed by atoms with Crippen LogP contribution in [-0.4, -0.2) is 10.8 Å². The van der Waals surface area contributed by atoms with E-state index in [9.17, 15) is 14.9 Å². The topological polar surface area (TPSA) is 85.4 Å². The molecule has 0 saturated carbocycles. The number of nitro benzene ring substituents is 1. The fraction of sp³-hybridized carbons (Fsp3) is 0.0714. The van der Waals surface area contributed by atoms with E-state index in [0.717, 1.165) is 5.56 Å². The Morgan fingerprint density at radius 1 is 1.40 bits per heavy atom. The van der Waals surface area contributed by atoms with E-state index >= 15 is 0 Å². The Hall–Kier alpha value is -2.89. The molecule has 0 bridgehead atoms. The minimum atomic E-state index is -0.506. The van der Waals surface area contributed by atoms with Crippen molar-refractivity contribution in [2.75, 3.05) is 5.32 Å². The normalized spacial score (nSPS) is 10.7. The SMILES string of the molecule is Cc1ccc([N+](=O)[O-])cc1NC(=O)/C=C/c1ccco1. The fourth-order valence-electron chi connectivity index (χ4n) is 1.58. The minimum Gasteiger partial charge on any atom is -0.465 e. The summed E-state index contributed by atoms with van der Waals surface area (Å²) < 4.78 is 5.05. The molecule has 2 rings (SSSR count). The van der Waals surface area contributed by atoms with Crippen molar-refractivity contribution in [1.29, 1.82) is 0 Å². The molecule has 0 saturated heterocycles. The van der Waals surface area contributed by atoms with Crippen molar-refractivity contribution in [3.8, 4) is 0 Å². The predicted octanol–water partition coefficient (Wildman–Crippen LogP) is 3.15. The maximum absolute atomic E-state index is 11.7. The summed E-state index contributed by atoms with van der Waals surface area (Å²) in [6.07, 6.45) is 4.32. The number of rotatable bonds is 4. The monoisotopic (exact) mass is 272 g/mol. The number of carbonyl (C=O) groups is 1. The third-order valence-electron chi connectivity index (χ3n) is 2.63. The maximum Gasteiger partial charge on any atom is 0.271 e. The van der Waals surface area contributed by atoms with Crippen LogP contribution in [0.25, 0.3) is 6.08 Å². The first-order valence-corrected chi connectivity index (χ1v) is 5.84. The molecule has 0 spiro atoms. The Morgan fingerprint density at radius 2 is 2.20 bits per heavy atom. The zero-order chi connectivity index (χ0) is 14.5. The van der Waals surface area contributed by atoms with Crippen molar-refractivity contribution in [3.05, 3.63) is 64.1 Å². The molecule has 1 amide bonds. The molecule has 1 N–H and O–H groups in total. The molecule has 0 aliphatic carbocycles. The van der Waals surface area contributed by atoms with Crippen LogP contribution >= 0.6 is 0 Å². The Morgan fingerprint density at radius 3 is 2.85 bits per heavy atom. The zero-order valence-corrected chi connectivity index (χ0v) is 10.7. The molecule has 0 unspecified atom stereocenters. The zero-order valence-electron chi connectivity index (χ0n) is 10.7. The molecular weight excluding hydrogens is 260 g/mol. The number of hydrogen-bond donors (Lipinski definition) is 1. The molecule has 6 nitrogen and oxygen atoms in total. The quantitative estimate of drug-likeness (QED) is 0.526. The van der Waals surface area contributed by atoms with Gasteiger partial charge in [0.15, 0.2) is 0 Å². The van der Waals surface area contributed by atoms with E-state index in [4.69, 9.17) is 4.42 Å². The lowest BCUT2D eigenvalue weighted by Crippen LogP contribution is -2.09. The summed E-state index contributed by atoms with van der Waals surface area (Å²) in [5.41, 5.74) is 1.09. The first kappa shape index (κ1) is 13.5. The largest absolute Gasteiger partial charge is 0.465 e. The Labute approximate surface area is 114 Å². The van der Waals surface area contributed by atoms with Crippen LogP contribution in [0.5, 0.6) is 0 Å². The van der Waals surface area contributed by atoms with Gasteiger partial charge < -0.3 is 9.73 Å². The lowest BCUT2D eigenvalue weighted by Gasteiger charge is -2.05. The summed E-state index contributed by atoms with van der Waals surface area (Å²) in [6.45, 7) is 1.76. The van der Waals surface area contributed by atoms with Crippen LogP contribution in [0.2, 0.25) is 0 Å². The second-order valence-electron chi connectivity index (χ2n) is 4.09. The fourth-order valence-corrected chi connectivity index (χ4v) is 1.58. The third kappa shape index (κ3) is 3.32. The van der Waals surface area contributed by atoms with Crippen LogP contribution < -0.4 is 5.32 Å². The van der Waals surface area contributed by atoms with Gasteiger partial charge in [-0.1, -0.05) is 6.07 Å². The van der Waals surface area contributed by atoms with Gasteiger partial charge in [-0.15, -0.1) is 0 Å². The molecule has 20 heavy (non-hydrogen) atoms. The number of nitro groups is 1. The molecule has 1 aromatic carbocycles. The third-order valence-corrected chi connectivity index (χ3v) is 2.63. The Bertz CT molecular complexity index is 660. The van der Waals surface area contributed by atoms with Crippen molar-refractivity contribution in [2.45, 2.75) is 6.92 Å². The number of benzene rings is 1. The number of anilines is 1. The van der Waals surface area contributed by atoms with Gasteiger partial charge in [0.2, 0.25) is 5.91 Å². The van der Waals surface area contributed by atoms with Gasteiger partial charge in [0.25, 0.3) is 5.69 Å². The lowest BCUT2D eigenvalue weighted by atomic mass is 10.2. The first-order chi connectivity index (χ1) is 9.56. The molecule has 0 aliphatic heterocycles. The molecule has 1 aromatic heterocycles. The molecule has 0 aliphatic rings. The van der Waals surface area contributed by atoms with E-state index in [-0.39, 0.29) is 11.6 Å². The molecule has 0 atom stereocenters. The van der Waals surface area contributed by atoms with Crippen LogP contribution in [0.15, 0.2) is 47.1 Å². The summed E-state index contributed by atoms with van der Waals surface area (Å²) in [7, 11) is 0. The number of carbonyl (C=O) groups excluding carboxylic acids is 1. The van der Waals surface area contributed by atoms with Crippen molar-refractivity contribution in [3.63, 3.8) is 0 Å². The van der Waals surface area contributed by atoms with Crippen molar-refractivity contribution in [1.82, 2.24) is 0 Å². The average molecular weight is 272 g/mol. The Balaban J connectivity index is 2.11. The standard InChI is InChI=1S/C14H12N2O4/c1-10-4-5-11(16(18)19)9-13(10)15-14(17)7-6-12-3-2-8-20-12/h2-9H,1H3,(H,15,17)/b7-6+. The van der Waals surface area contributed by atoms with Crippen molar-refractivity contribution >= 4 is 23.4 Å². The molecule has 0 fully saturated rings. The van der Waals surface area contributed by atoms with Crippen molar-refractivity contribution < 1.29 is 14.1 Å². The molecule has 1 heterocycles. The second kappa shape index (κ2) is 5.83. The van der Waals surface area contributed by atoms with Crippen LogP contribution in [0.4, 0.5) is 11.4 Å². The molecule has 6 heteroatoms. The minimum absolute atomic E-state index is 0.0686. The van der Waals surface area contributed by atoms with Gasteiger partial charge in [0, 0.05) is 18.2 Å². The summed E-state index contributed by atoms with van der Waals surface area (Å²) in [5, 5.41) is 13.3. The highest BCUT2D eigenvalue weighted by molar-refractivity contribution is 6.02. The van der Waals surface area contributed by atoms with Gasteiger partial charge in [-0.2, -0.15) is 0 Å². The van der Waals surface area contributed by atoms with Gasteiger partial charge in [-0.05, 0) is 30.7 Å². The van der Waals surface area contributed by atoms with E-state index in [2.05, 4.69) is 5.32 Å². The van der Waals surface area contributed by atoms with Gasteiger partial charge in [0.1, 0.15) is 5.76 Å². The van der Waals surface area contributed by atoms with E-state index in [1.165, 1.54) is 30.5 Å². The maximum atomic E-state index is 11.7. The number of aryl methyl sites for hydroxylation is 1. The molecule has 2 aromatic rings.